The molecule has 1 heterocycles. The summed E-state index contributed by atoms with van der Waals surface area (Å²) in [5.74, 6) is 0.820. The van der Waals surface area contributed by atoms with Crippen LogP contribution in [0.1, 0.15) is 52.4 Å². The van der Waals surface area contributed by atoms with Crippen LogP contribution in [0.4, 0.5) is 11.4 Å². The second-order valence-electron chi connectivity index (χ2n) is 6.68. The van der Waals surface area contributed by atoms with Crippen molar-refractivity contribution in [3.8, 4) is 0 Å². The number of hydrogen-bond acceptors (Lipinski definition) is 3. The third-order valence-electron chi connectivity index (χ3n) is 4.53. The first kappa shape index (κ1) is 18.7. The first-order valence-corrected chi connectivity index (χ1v) is 9.45. The number of rotatable bonds is 6. The van der Waals surface area contributed by atoms with Gasteiger partial charge in [-0.05, 0) is 61.7 Å². The summed E-state index contributed by atoms with van der Waals surface area (Å²) in [6, 6.07) is 8.26. The summed E-state index contributed by atoms with van der Waals surface area (Å²) >= 11 is 5.21. The minimum absolute atomic E-state index is 0.0139. The Morgan fingerprint density at radius 2 is 1.88 bits per heavy atom. The molecule has 1 aromatic carbocycles. The molecule has 0 unspecified atom stereocenters. The molecule has 4 nitrogen and oxygen atoms in total. The number of nitrogens with one attached hydrogen (secondary N) is 2. The number of piperidine rings is 1. The molecule has 1 amide bonds. The van der Waals surface area contributed by atoms with Crippen LogP contribution in [-0.2, 0) is 4.79 Å². The van der Waals surface area contributed by atoms with Crippen molar-refractivity contribution in [1.29, 1.82) is 0 Å². The highest BCUT2D eigenvalue weighted by Gasteiger charge is 2.15. The zero-order valence-electron chi connectivity index (χ0n) is 14.8. The highest BCUT2D eigenvalue weighted by atomic mass is 32.1. The second kappa shape index (κ2) is 9.62. The van der Waals surface area contributed by atoms with Gasteiger partial charge in [0.25, 0.3) is 0 Å². The van der Waals surface area contributed by atoms with E-state index in [1.807, 2.05) is 12.1 Å². The van der Waals surface area contributed by atoms with E-state index >= 15 is 0 Å². The van der Waals surface area contributed by atoms with Crippen molar-refractivity contribution in [3.05, 3.63) is 24.3 Å². The molecule has 0 aromatic heterocycles. The number of hydrogen-bond donors (Lipinski definition) is 2. The summed E-state index contributed by atoms with van der Waals surface area (Å²) in [5, 5.41) is 6.19. The van der Waals surface area contributed by atoms with Crippen LogP contribution in [-0.4, -0.2) is 24.1 Å². The summed E-state index contributed by atoms with van der Waals surface area (Å²) in [7, 11) is 0. The van der Waals surface area contributed by atoms with Gasteiger partial charge >= 0.3 is 0 Å². The Morgan fingerprint density at radius 1 is 1.21 bits per heavy atom. The van der Waals surface area contributed by atoms with E-state index in [2.05, 4.69) is 41.5 Å². The third kappa shape index (κ3) is 6.11. The minimum Gasteiger partial charge on any atom is -0.372 e. The van der Waals surface area contributed by atoms with Crippen LogP contribution in [0.3, 0.4) is 0 Å². The van der Waals surface area contributed by atoms with E-state index in [1.54, 1.807) is 0 Å². The molecule has 1 aliphatic rings. The summed E-state index contributed by atoms with van der Waals surface area (Å²) in [6.45, 7) is 6.69. The van der Waals surface area contributed by atoms with Crippen molar-refractivity contribution in [1.82, 2.24) is 5.32 Å². The van der Waals surface area contributed by atoms with E-state index in [0.717, 1.165) is 44.0 Å². The zero-order chi connectivity index (χ0) is 17.4. The van der Waals surface area contributed by atoms with Gasteiger partial charge in [0.15, 0.2) is 5.11 Å². The van der Waals surface area contributed by atoms with Crippen molar-refractivity contribution in [2.75, 3.05) is 23.3 Å². The van der Waals surface area contributed by atoms with Crippen molar-refractivity contribution in [2.24, 2.45) is 5.92 Å². The number of amides is 1. The van der Waals surface area contributed by atoms with Gasteiger partial charge in [-0.15, -0.1) is 0 Å². The predicted molar refractivity (Wildman–Crippen MR) is 106 cm³/mol. The highest BCUT2D eigenvalue weighted by molar-refractivity contribution is 7.80. The molecule has 2 N–H and O–H groups in total. The molecule has 0 bridgehead atoms. The maximum absolute atomic E-state index is 11.8. The summed E-state index contributed by atoms with van der Waals surface area (Å²) in [6.07, 6.45) is 6.14. The van der Waals surface area contributed by atoms with Crippen molar-refractivity contribution in [3.63, 3.8) is 0 Å². The van der Waals surface area contributed by atoms with Gasteiger partial charge in [0.1, 0.15) is 0 Å². The van der Waals surface area contributed by atoms with Crippen LogP contribution in [0.2, 0.25) is 0 Å². The fraction of sp³-hybridized carbons (Fsp3) is 0.579. The Hall–Kier alpha value is -1.62. The van der Waals surface area contributed by atoms with Gasteiger partial charge in [0.2, 0.25) is 5.91 Å². The van der Waals surface area contributed by atoms with E-state index in [1.165, 1.54) is 18.5 Å². The normalized spacial score (nSPS) is 15.2. The van der Waals surface area contributed by atoms with E-state index in [0.29, 0.717) is 11.5 Å². The lowest BCUT2D eigenvalue weighted by molar-refractivity contribution is -0.119. The monoisotopic (exact) mass is 347 g/mol. The molecule has 1 aliphatic heterocycles. The van der Waals surface area contributed by atoms with Crippen molar-refractivity contribution in [2.45, 2.75) is 52.4 Å². The molecule has 1 fully saturated rings. The first-order valence-electron chi connectivity index (χ1n) is 9.04. The molecule has 0 spiro atoms. The third-order valence-corrected chi connectivity index (χ3v) is 4.74. The van der Waals surface area contributed by atoms with Gasteiger partial charge in [-0.2, -0.15) is 0 Å². The smallest absolute Gasteiger partial charge is 0.226 e. The molecule has 0 atom stereocenters. The SMILES string of the molecule is CCCCCC(=O)NC(=S)Nc1ccc(N2CCC(C)CC2)cc1. The number of carbonyl (C=O) groups excluding carboxylic acids is 1. The zero-order valence-corrected chi connectivity index (χ0v) is 15.6. The number of benzene rings is 1. The quantitative estimate of drug-likeness (QED) is 0.594. The molecule has 0 radical (unpaired) electrons. The summed E-state index contributed by atoms with van der Waals surface area (Å²) in [4.78, 5) is 14.2. The Balaban J connectivity index is 1.78. The van der Waals surface area contributed by atoms with Gasteiger partial charge < -0.3 is 15.5 Å². The lowest BCUT2D eigenvalue weighted by atomic mass is 9.99. The minimum atomic E-state index is -0.0139. The van der Waals surface area contributed by atoms with Crippen molar-refractivity contribution < 1.29 is 4.79 Å². The van der Waals surface area contributed by atoms with Gasteiger partial charge in [-0.1, -0.05) is 26.7 Å². The predicted octanol–water partition coefficient (Wildman–Crippen LogP) is 4.32. The van der Waals surface area contributed by atoms with E-state index < -0.39 is 0 Å². The van der Waals surface area contributed by atoms with Crippen molar-refractivity contribution >= 4 is 34.6 Å². The van der Waals surface area contributed by atoms with Gasteiger partial charge in [-0.3, -0.25) is 4.79 Å². The Bertz CT molecular complexity index is 536. The number of anilines is 2. The number of unbranched alkanes of at least 4 members (excludes halogenated alkanes) is 2. The first-order chi connectivity index (χ1) is 11.6. The van der Waals surface area contributed by atoms with Crippen LogP contribution >= 0.6 is 12.2 Å². The average Bonchev–Trinajstić information content (AvgIpc) is 2.56. The topological polar surface area (TPSA) is 44.4 Å². The lowest BCUT2D eigenvalue weighted by Crippen LogP contribution is -2.34. The van der Waals surface area contributed by atoms with Crippen LogP contribution in [0.15, 0.2) is 24.3 Å². The Kier molecular flexibility index (Phi) is 7.50. The Morgan fingerprint density at radius 3 is 2.50 bits per heavy atom. The molecule has 5 heteroatoms. The van der Waals surface area contributed by atoms with Gasteiger partial charge in [0, 0.05) is 30.9 Å². The number of carbonyl (C=O) groups is 1. The second-order valence-corrected chi connectivity index (χ2v) is 7.08. The summed E-state index contributed by atoms with van der Waals surface area (Å²) < 4.78 is 0. The number of nitrogens with zero attached hydrogens (tertiary/aromatic N) is 1. The molecule has 1 aromatic rings. The fourth-order valence-corrected chi connectivity index (χ4v) is 3.14. The molecular weight excluding hydrogens is 318 g/mol. The molecule has 0 saturated carbocycles. The molecule has 24 heavy (non-hydrogen) atoms. The van der Waals surface area contributed by atoms with Gasteiger partial charge in [-0.25, -0.2) is 0 Å². The van der Waals surface area contributed by atoms with E-state index in [9.17, 15) is 4.79 Å². The Labute approximate surface area is 151 Å². The van der Waals surface area contributed by atoms with E-state index in [4.69, 9.17) is 12.2 Å². The maximum Gasteiger partial charge on any atom is 0.226 e. The molecule has 2 rings (SSSR count). The van der Waals surface area contributed by atoms with Crippen LogP contribution in [0.25, 0.3) is 0 Å². The highest BCUT2D eigenvalue weighted by Crippen LogP contribution is 2.24. The van der Waals surface area contributed by atoms with Crippen LogP contribution < -0.4 is 15.5 Å². The molecule has 1 saturated heterocycles. The largest absolute Gasteiger partial charge is 0.372 e. The van der Waals surface area contributed by atoms with Gasteiger partial charge in [0.05, 0.1) is 0 Å². The standard InChI is InChI=1S/C19H29N3OS/c1-3-4-5-6-18(23)21-19(24)20-16-7-9-17(10-8-16)22-13-11-15(2)12-14-22/h7-10,15H,3-6,11-14H2,1-2H3,(H2,20,21,23,24). The van der Waals surface area contributed by atoms with Crippen LogP contribution in [0, 0.1) is 5.92 Å². The molecule has 132 valence electrons. The molecular formula is C19H29N3OS. The van der Waals surface area contributed by atoms with E-state index in [-0.39, 0.29) is 5.91 Å². The van der Waals surface area contributed by atoms with Crippen LogP contribution in [0.5, 0.6) is 0 Å². The average molecular weight is 348 g/mol. The summed E-state index contributed by atoms with van der Waals surface area (Å²) in [5.41, 5.74) is 2.16. The number of thiocarbonyl (C=S) groups is 1. The maximum atomic E-state index is 11.8. The lowest BCUT2D eigenvalue weighted by Gasteiger charge is -2.32. The molecule has 0 aliphatic carbocycles. The fourth-order valence-electron chi connectivity index (χ4n) is 2.91.